The molecule has 0 aromatic rings. The molecule has 0 heterocycles. The van der Waals surface area contributed by atoms with Gasteiger partial charge < -0.3 is 14.2 Å². The van der Waals surface area contributed by atoms with Crippen LogP contribution in [0.25, 0.3) is 0 Å². The van der Waals surface area contributed by atoms with E-state index < -0.39 is 18.9 Å². The van der Waals surface area contributed by atoms with Crippen molar-refractivity contribution in [3.05, 3.63) is 0 Å². The lowest BCUT2D eigenvalue weighted by Crippen LogP contribution is -2.18. The van der Waals surface area contributed by atoms with Gasteiger partial charge in [-0.1, -0.05) is 13.8 Å². The van der Waals surface area contributed by atoms with Crippen molar-refractivity contribution in [2.75, 3.05) is 6.79 Å². The van der Waals surface area contributed by atoms with Gasteiger partial charge in [0.05, 0.1) is 12.0 Å². The van der Waals surface area contributed by atoms with Gasteiger partial charge in [0.15, 0.2) is 0 Å². The molecular weight excluding hydrogens is 188 g/mol. The Morgan fingerprint density at radius 1 is 1.07 bits per heavy atom. The third-order valence-electron chi connectivity index (χ3n) is 1.18. The summed E-state index contributed by atoms with van der Waals surface area (Å²) in [6.07, 6.45) is -1.08. The lowest BCUT2D eigenvalue weighted by molar-refractivity contribution is -0.157. The molecule has 0 aliphatic heterocycles. The Labute approximate surface area is 83.3 Å². The number of carbonyl (C=O) groups is 2. The average Bonchev–Trinajstić information content (AvgIpc) is 2.02. The highest BCUT2D eigenvalue weighted by Crippen LogP contribution is 1.97. The van der Waals surface area contributed by atoms with Crippen LogP contribution in [0.3, 0.4) is 0 Å². The molecule has 0 saturated heterocycles. The fourth-order valence-electron chi connectivity index (χ4n) is 0.529. The molecule has 0 bridgehead atoms. The molecule has 14 heavy (non-hydrogen) atoms. The molecule has 0 unspecified atom stereocenters. The Kier molecular flexibility index (Phi) is 5.67. The molecule has 0 aliphatic rings. The predicted octanol–water partition coefficient (Wildman–Crippen LogP) is 1.70. The topological polar surface area (TPSA) is 61.8 Å². The second-order valence-corrected chi connectivity index (χ2v) is 3.30. The third kappa shape index (κ3) is 6.28. The predicted molar refractivity (Wildman–Crippen MR) is 48.5 cm³/mol. The summed E-state index contributed by atoms with van der Waals surface area (Å²) in [6.45, 7) is 6.37. The minimum Gasteiger partial charge on any atom is -0.431 e. The van der Waals surface area contributed by atoms with E-state index in [4.69, 9.17) is 0 Å². The van der Waals surface area contributed by atoms with E-state index in [0.717, 1.165) is 0 Å². The maximum atomic E-state index is 10.9. The van der Waals surface area contributed by atoms with Crippen molar-refractivity contribution in [2.24, 2.45) is 5.92 Å². The first kappa shape index (κ1) is 12.7. The van der Waals surface area contributed by atoms with Crippen molar-refractivity contribution >= 4 is 12.1 Å². The summed E-state index contributed by atoms with van der Waals surface area (Å²) < 4.78 is 13.7. The van der Waals surface area contributed by atoms with E-state index in [1.165, 1.54) is 0 Å². The largest absolute Gasteiger partial charge is 0.511 e. The summed E-state index contributed by atoms with van der Waals surface area (Å²) in [7, 11) is 0. The van der Waals surface area contributed by atoms with Crippen LogP contribution in [0.15, 0.2) is 0 Å². The highest BCUT2D eigenvalue weighted by molar-refractivity contribution is 5.71. The molecule has 0 saturated carbocycles. The Balaban J connectivity index is 3.54. The van der Waals surface area contributed by atoms with Crippen LogP contribution < -0.4 is 0 Å². The average molecular weight is 204 g/mol. The molecule has 0 atom stereocenters. The van der Waals surface area contributed by atoms with Gasteiger partial charge in [0.2, 0.25) is 6.79 Å². The molecule has 0 amide bonds. The molecule has 0 fully saturated rings. The molecule has 0 rings (SSSR count). The van der Waals surface area contributed by atoms with Crippen molar-refractivity contribution in [2.45, 2.75) is 33.8 Å². The summed E-state index contributed by atoms with van der Waals surface area (Å²) >= 11 is 0. The number of hydrogen-bond donors (Lipinski definition) is 0. The molecule has 0 aromatic heterocycles. The quantitative estimate of drug-likeness (QED) is 0.515. The van der Waals surface area contributed by atoms with Crippen LogP contribution in [-0.4, -0.2) is 25.0 Å². The van der Waals surface area contributed by atoms with Gasteiger partial charge in [0.1, 0.15) is 0 Å². The van der Waals surface area contributed by atoms with Gasteiger partial charge in [-0.25, -0.2) is 4.79 Å². The van der Waals surface area contributed by atoms with Crippen LogP contribution in [0, 0.1) is 5.92 Å². The molecule has 0 radical (unpaired) electrons. The summed E-state index contributed by atoms with van der Waals surface area (Å²) in [5, 5.41) is 0. The minimum atomic E-state index is -0.837. The second-order valence-electron chi connectivity index (χ2n) is 3.30. The highest BCUT2D eigenvalue weighted by atomic mass is 16.8. The Morgan fingerprint density at radius 2 is 1.64 bits per heavy atom. The Hall–Kier alpha value is -1.26. The first-order chi connectivity index (χ1) is 6.43. The summed E-state index contributed by atoms with van der Waals surface area (Å²) in [5.74, 6) is -0.651. The van der Waals surface area contributed by atoms with E-state index in [1.54, 1.807) is 27.7 Å². The second kappa shape index (κ2) is 6.23. The van der Waals surface area contributed by atoms with Gasteiger partial charge in [0.25, 0.3) is 0 Å². The summed E-state index contributed by atoms with van der Waals surface area (Å²) in [4.78, 5) is 21.7. The summed E-state index contributed by atoms with van der Waals surface area (Å²) in [6, 6.07) is 0. The Bertz CT molecular complexity index is 197. The van der Waals surface area contributed by atoms with Gasteiger partial charge in [-0.05, 0) is 13.8 Å². The zero-order chi connectivity index (χ0) is 11.1. The number of carbonyl (C=O) groups excluding carboxylic acids is 2. The fraction of sp³-hybridized carbons (Fsp3) is 0.778. The van der Waals surface area contributed by atoms with E-state index in [0.29, 0.717) is 0 Å². The molecule has 0 N–H and O–H groups in total. The highest BCUT2D eigenvalue weighted by Gasteiger charge is 2.10. The molecule has 82 valence electrons. The number of ether oxygens (including phenoxy) is 3. The molecule has 0 aromatic carbocycles. The van der Waals surface area contributed by atoms with Crippen LogP contribution in [0.5, 0.6) is 0 Å². The van der Waals surface area contributed by atoms with Crippen LogP contribution in [0.1, 0.15) is 27.7 Å². The van der Waals surface area contributed by atoms with Gasteiger partial charge in [-0.3, -0.25) is 4.79 Å². The molecule has 0 spiro atoms. The molecule has 0 aliphatic carbocycles. The van der Waals surface area contributed by atoms with Gasteiger partial charge >= 0.3 is 12.1 Å². The van der Waals surface area contributed by atoms with Crippen molar-refractivity contribution in [3.8, 4) is 0 Å². The zero-order valence-electron chi connectivity index (χ0n) is 8.90. The van der Waals surface area contributed by atoms with Crippen LogP contribution in [-0.2, 0) is 19.0 Å². The lowest BCUT2D eigenvalue weighted by atomic mass is 10.2. The lowest BCUT2D eigenvalue weighted by Gasteiger charge is -2.09. The minimum absolute atomic E-state index is 0.236. The molecule has 5 heteroatoms. The fourth-order valence-corrected chi connectivity index (χ4v) is 0.529. The standard InChI is InChI=1S/C9H16O5/c1-6(2)8(10)12-5-13-9(11)14-7(3)4/h6-7H,5H2,1-4H3. The monoisotopic (exact) mass is 204 g/mol. The van der Waals surface area contributed by atoms with E-state index in [9.17, 15) is 9.59 Å². The molecule has 5 nitrogen and oxygen atoms in total. The van der Waals surface area contributed by atoms with Crippen LogP contribution >= 0.6 is 0 Å². The Morgan fingerprint density at radius 3 is 2.07 bits per heavy atom. The first-order valence-electron chi connectivity index (χ1n) is 4.43. The van der Waals surface area contributed by atoms with E-state index in [-0.39, 0.29) is 12.0 Å². The van der Waals surface area contributed by atoms with Gasteiger partial charge in [0, 0.05) is 0 Å². The maximum Gasteiger partial charge on any atom is 0.511 e. The number of rotatable bonds is 4. The van der Waals surface area contributed by atoms with Crippen molar-refractivity contribution in [1.29, 1.82) is 0 Å². The SMILES string of the molecule is CC(C)OC(=O)OCOC(=O)C(C)C. The van der Waals surface area contributed by atoms with Crippen molar-refractivity contribution in [3.63, 3.8) is 0 Å². The van der Waals surface area contributed by atoms with Crippen LogP contribution in [0.2, 0.25) is 0 Å². The van der Waals surface area contributed by atoms with Gasteiger partial charge in [-0.15, -0.1) is 0 Å². The number of esters is 1. The maximum absolute atomic E-state index is 10.9. The normalized spacial score (nSPS) is 10.1. The van der Waals surface area contributed by atoms with E-state index >= 15 is 0 Å². The van der Waals surface area contributed by atoms with E-state index in [1.807, 2.05) is 0 Å². The smallest absolute Gasteiger partial charge is 0.431 e. The third-order valence-corrected chi connectivity index (χ3v) is 1.18. The number of hydrogen-bond acceptors (Lipinski definition) is 5. The van der Waals surface area contributed by atoms with Gasteiger partial charge in [-0.2, -0.15) is 0 Å². The van der Waals surface area contributed by atoms with Crippen molar-refractivity contribution < 1.29 is 23.8 Å². The first-order valence-corrected chi connectivity index (χ1v) is 4.43. The summed E-state index contributed by atoms with van der Waals surface area (Å²) in [5.41, 5.74) is 0. The van der Waals surface area contributed by atoms with Crippen molar-refractivity contribution in [1.82, 2.24) is 0 Å². The van der Waals surface area contributed by atoms with Crippen LogP contribution in [0.4, 0.5) is 4.79 Å². The van der Waals surface area contributed by atoms with E-state index in [2.05, 4.69) is 14.2 Å². The molecular formula is C9H16O5. The zero-order valence-corrected chi connectivity index (χ0v) is 8.90.